The van der Waals surface area contributed by atoms with Crippen molar-refractivity contribution >= 4 is 34.0 Å². The van der Waals surface area contributed by atoms with E-state index in [-0.39, 0.29) is 6.10 Å². The summed E-state index contributed by atoms with van der Waals surface area (Å²) in [4.78, 5) is 15.8. The Balaban J connectivity index is 1.28. The van der Waals surface area contributed by atoms with E-state index in [2.05, 4.69) is 45.1 Å². The molecule has 2 fully saturated rings. The van der Waals surface area contributed by atoms with Crippen LogP contribution in [0, 0.1) is 0 Å². The number of aromatic nitrogens is 3. The maximum absolute atomic E-state index is 10.7. The molecule has 0 bridgehead atoms. The van der Waals surface area contributed by atoms with Crippen LogP contribution in [0.3, 0.4) is 0 Å². The number of fused-ring (bicyclic) bond motifs is 1. The normalized spacial score (nSPS) is 18.8. The maximum atomic E-state index is 10.7. The van der Waals surface area contributed by atoms with Gasteiger partial charge >= 0.3 is 0 Å². The molecule has 6 nitrogen and oxygen atoms in total. The predicted octanol–water partition coefficient (Wildman–Crippen LogP) is 5.85. The molecule has 0 atom stereocenters. The molecule has 2 aliphatic rings. The van der Waals surface area contributed by atoms with Crippen molar-refractivity contribution in [3.63, 3.8) is 0 Å². The average Bonchev–Trinajstić information content (AvgIpc) is 3.47. The standard InChI is InChI=1S/C26H27ClN4O2S/c1-31-11-7-18(8-12-31)33-17-5-3-16(4-6-17)21-13-19-23(20(27)14-28-24(19)30-21)22-15-29-25(34-22)26(32)9-2-10-26/h3-6,13-15,18,32H,2,7-12H2,1H3,(H,28,30). The van der Waals surface area contributed by atoms with Crippen LogP contribution in [0.1, 0.15) is 37.1 Å². The van der Waals surface area contributed by atoms with Crippen LogP contribution in [0.15, 0.2) is 42.7 Å². The zero-order valence-corrected chi connectivity index (χ0v) is 20.6. The molecular weight excluding hydrogens is 468 g/mol. The first kappa shape index (κ1) is 22.0. The molecule has 4 aromatic rings. The van der Waals surface area contributed by atoms with E-state index in [0.717, 1.165) is 88.7 Å². The average molecular weight is 495 g/mol. The Morgan fingerprint density at radius 1 is 1.15 bits per heavy atom. The minimum atomic E-state index is -0.776. The van der Waals surface area contributed by atoms with Crippen LogP contribution in [0.25, 0.3) is 32.7 Å². The van der Waals surface area contributed by atoms with Gasteiger partial charge in [0.25, 0.3) is 0 Å². The number of ether oxygens (including phenoxy) is 1. The van der Waals surface area contributed by atoms with Crippen molar-refractivity contribution in [2.75, 3.05) is 20.1 Å². The van der Waals surface area contributed by atoms with Crippen molar-refractivity contribution in [2.24, 2.45) is 0 Å². The summed E-state index contributed by atoms with van der Waals surface area (Å²) in [5.41, 5.74) is 2.94. The van der Waals surface area contributed by atoms with Crippen LogP contribution in [0.2, 0.25) is 5.02 Å². The molecule has 1 aliphatic carbocycles. The van der Waals surface area contributed by atoms with Gasteiger partial charge in [-0.3, -0.25) is 0 Å². The SMILES string of the molecule is CN1CCC(Oc2ccc(-c3cc4c(-c5cnc(C6(O)CCC6)s5)c(Cl)cnc4[nH]3)cc2)CC1. The van der Waals surface area contributed by atoms with Gasteiger partial charge in [-0.1, -0.05) is 11.6 Å². The number of benzene rings is 1. The number of nitrogens with one attached hydrogen (secondary N) is 1. The second kappa shape index (κ2) is 8.64. The number of aliphatic hydroxyl groups is 1. The van der Waals surface area contributed by atoms with Gasteiger partial charge in [-0.2, -0.15) is 0 Å². The number of H-pyrrole nitrogens is 1. The summed E-state index contributed by atoms with van der Waals surface area (Å²) in [5, 5.41) is 13.0. The van der Waals surface area contributed by atoms with Gasteiger partial charge in [-0.05, 0) is 75.0 Å². The van der Waals surface area contributed by atoms with Crippen molar-refractivity contribution in [3.8, 4) is 27.4 Å². The molecule has 2 N–H and O–H groups in total. The van der Waals surface area contributed by atoms with Gasteiger partial charge in [0.05, 0.1) is 9.90 Å². The Hall–Kier alpha value is -2.45. The maximum Gasteiger partial charge on any atom is 0.138 e. The number of piperidine rings is 1. The van der Waals surface area contributed by atoms with Crippen molar-refractivity contribution < 1.29 is 9.84 Å². The summed E-state index contributed by atoms with van der Waals surface area (Å²) in [5.74, 6) is 0.905. The molecule has 34 heavy (non-hydrogen) atoms. The van der Waals surface area contributed by atoms with Gasteiger partial charge in [0, 0.05) is 42.1 Å². The highest BCUT2D eigenvalue weighted by Crippen LogP contribution is 2.46. The number of thiazole rings is 1. The molecule has 0 spiro atoms. The quantitative estimate of drug-likeness (QED) is 0.364. The van der Waals surface area contributed by atoms with E-state index in [0.29, 0.717) is 5.02 Å². The summed E-state index contributed by atoms with van der Waals surface area (Å²) in [7, 11) is 2.16. The van der Waals surface area contributed by atoms with Crippen molar-refractivity contribution in [1.82, 2.24) is 19.9 Å². The van der Waals surface area contributed by atoms with Crippen LogP contribution in [0.4, 0.5) is 0 Å². The first-order valence-corrected chi connectivity index (χ1v) is 13.0. The molecule has 1 aliphatic heterocycles. The second-order valence-electron chi connectivity index (χ2n) is 9.49. The Morgan fingerprint density at radius 3 is 2.62 bits per heavy atom. The number of likely N-dealkylation sites (tertiary alicyclic amines) is 1. The lowest BCUT2D eigenvalue weighted by Crippen LogP contribution is -2.35. The van der Waals surface area contributed by atoms with Crippen LogP contribution in [0.5, 0.6) is 5.75 Å². The molecule has 1 saturated carbocycles. The first-order valence-electron chi connectivity index (χ1n) is 11.8. The zero-order chi connectivity index (χ0) is 23.3. The van der Waals surface area contributed by atoms with E-state index in [1.165, 1.54) is 11.3 Å². The number of rotatable bonds is 5. The monoisotopic (exact) mass is 494 g/mol. The highest BCUT2D eigenvalue weighted by Gasteiger charge is 2.39. The summed E-state index contributed by atoms with van der Waals surface area (Å²) < 4.78 is 6.20. The third-order valence-corrected chi connectivity index (χ3v) is 8.57. The minimum Gasteiger partial charge on any atom is -0.490 e. The first-order chi connectivity index (χ1) is 16.5. The molecule has 8 heteroatoms. The lowest BCUT2D eigenvalue weighted by molar-refractivity contribution is -0.0389. The number of nitrogens with zero attached hydrogens (tertiary/aromatic N) is 3. The van der Waals surface area contributed by atoms with Crippen LogP contribution >= 0.6 is 22.9 Å². The van der Waals surface area contributed by atoms with Crippen molar-refractivity contribution in [1.29, 1.82) is 0 Å². The number of pyridine rings is 1. The second-order valence-corrected chi connectivity index (χ2v) is 10.9. The third kappa shape index (κ3) is 4.01. The number of hydrogen-bond acceptors (Lipinski definition) is 6. The fourth-order valence-electron chi connectivity index (χ4n) is 4.80. The third-order valence-electron chi connectivity index (χ3n) is 7.08. The number of aromatic amines is 1. The van der Waals surface area contributed by atoms with Gasteiger partial charge < -0.3 is 19.7 Å². The lowest BCUT2D eigenvalue weighted by Gasteiger charge is -2.34. The van der Waals surface area contributed by atoms with Crippen LogP contribution in [-0.4, -0.2) is 51.2 Å². The van der Waals surface area contributed by atoms with E-state index < -0.39 is 5.60 Å². The number of halogens is 1. The van der Waals surface area contributed by atoms with Crippen molar-refractivity contribution in [3.05, 3.63) is 52.8 Å². The molecule has 4 heterocycles. The summed E-state index contributed by atoms with van der Waals surface area (Å²) in [6, 6.07) is 10.3. The zero-order valence-electron chi connectivity index (χ0n) is 19.1. The van der Waals surface area contributed by atoms with E-state index in [1.807, 2.05) is 18.3 Å². The van der Waals surface area contributed by atoms with E-state index in [9.17, 15) is 5.11 Å². The number of hydrogen-bond donors (Lipinski definition) is 2. The fraction of sp³-hybridized carbons (Fsp3) is 0.385. The summed E-state index contributed by atoms with van der Waals surface area (Å²) in [6.07, 6.45) is 8.48. The molecule has 0 amide bonds. The van der Waals surface area contributed by atoms with Crippen LogP contribution < -0.4 is 4.74 Å². The topological polar surface area (TPSA) is 74.3 Å². The highest BCUT2D eigenvalue weighted by atomic mass is 35.5. The Bertz CT molecular complexity index is 1320. The van der Waals surface area contributed by atoms with Crippen LogP contribution in [-0.2, 0) is 5.60 Å². The molecule has 3 aromatic heterocycles. The lowest BCUT2D eigenvalue weighted by atomic mass is 9.81. The molecule has 176 valence electrons. The molecule has 0 unspecified atom stereocenters. The van der Waals surface area contributed by atoms with Gasteiger partial charge in [0.1, 0.15) is 28.1 Å². The van der Waals surface area contributed by atoms with Gasteiger partial charge in [-0.15, -0.1) is 11.3 Å². The molecule has 0 radical (unpaired) electrons. The predicted molar refractivity (Wildman–Crippen MR) is 137 cm³/mol. The largest absolute Gasteiger partial charge is 0.490 e. The summed E-state index contributed by atoms with van der Waals surface area (Å²) in [6.45, 7) is 2.16. The van der Waals surface area contributed by atoms with E-state index in [1.54, 1.807) is 6.20 Å². The smallest absolute Gasteiger partial charge is 0.138 e. The Labute approximate surface area is 207 Å². The Morgan fingerprint density at radius 2 is 1.91 bits per heavy atom. The van der Waals surface area contributed by atoms with Crippen molar-refractivity contribution in [2.45, 2.75) is 43.8 Å². The molecule has 1 saturated heterocycles. The van der Waals surface area contributed by atoms with Gasteiger partial charge in [0.2, 0.25) is 0 Å². The van der Waals surface area contributed by atoms with E-state index >= 15 is 0 Å². The Kier molecular flexibility index (Phi) is 5.60. The fourth-order valence-corrected chi connectivity index (χ4v) is 6.24. The molecule has 1 aromatic carbocycles. The molecular formula is C26H27ClN4O2S. The van der Waals surface area contributed by atoms with E-state index in [4.69, 9.17) is 16.3 Å². The van der Waals surface area contributed by atoms with Gasteiger partial charge in [-0.25, -0.2) is 9.97 Å². The minimum absolute atomic E-state index is 0.284. The summed E-state index contributed by atoms with van der Waals surface area (Å²) >= 11 is 8.12. The molecule has 6 rings (SSSR count). The van der Waals surface area contributed by atoms with Gasteiger partial charge in [0.15, 0.2) is 0 Å². The highest BCUT2D eigenvalue weighted by molar-refractivity contribution is 7.15.